The van der Waals surface area contributed by atoms with Crippen molar-refractivity contribution in [2.75, 3.05) is 11.9 Å². The van der Waals surface area contributed by atoms with Crippen LogP contribution in [-0.2, 0) is 11.3 Å². The molecule has 7 heteroatoms. The number of nitrogens with zero attached hydrogens (tertiary/aromatic N) is 2. The van der Waals surface area contributed by atoms with Crippen LogP contribution in [0.15, 0.2) is 70.5 Å². The van der Waals surface area contributed by atoms with Gasteiger partial charge >= 0.3 is 11.1 Å². The highest BCUT2D eigenvalue weighted by Gasteiger charge is 2.12. The Morgan fingerprint density at radius 1 is 1.00 bits per heavy atom. The van der Waals surface area contributed by atoms with Gasteiger partial charge in [0, 0.05) is 23.8 Å². The van der Waals surface area contributed by atoms with E-state index in [1.54, 1.807) is 24.3 Å². The Hall–Kier alpha value is -3.61. The van der Waals surface area contributed by atoms with Crippen LogP contribution in [0.2, 0.25) is 0 Å². The minimum Gasteiger partial charge on any atom is -0.494 e. The summed E-state index contributed by atoms with van der Waals surface area (Å²) in [6.07, 6.45) is 2.92. The van der Waals surface area contributed by atoms with Crippen molar-refractivity contribution in [1.82, 2.24) is 9.13 Å². The third kappa shape index (κ3) is 4.68. The number of hydrogen-bond donors (Lipinski definition) is 1. The van der Waals surface area contributed by atoms with E-state index in [9.17, 15) is 14.4 Å². The molecule has 0 aliphatic heterocycles. The maximum absolute atomic E-state index is 12.6. The molecular weight excluding hydrogens is 382 g/mol. The molecule has 156 valence electrons. The Morgan fingerprint density at radius 3 is 2.37 bits per heavy atom. The van der Waals surface area contributed by atoms with Crippen molar-refractivity contribution in [3.63, 3.8) is 0 Å². The molecule has 0 radical (unpaired) electrons. The molecule has 1 N–H and O–H groups in total. The number of hydrogen-bond acceptors (Lipinski definition) is 4. The van der Waals surface area contributed by atoms with Crippen molar-refractivity contribution in [2.45, 2.75) is 33.2 Å². The molecule has 3 aromatic rings. The van der Waals surface area contributed by atoms with Gasteiger partial charge in [0.2, 0.25) is 5.91 Å². The Morgan fingerprint density at radius 2 is 1.70 bits per heavy atom. The van der Waals surface area contributed by atoms with E-state index in [0.717, 1.165) is 10.1 Å². The fourth-order valence-corrected chi connectivity index (χ4v) is 3.16. The summed E-state index contributed by atoms with van der Waals surface area (Å²) in [7, 11) is 0. The molecule has 3 rings (SSSR count). The average Bonchev–Trinajstić information content (AvgIpc) is 2.73. The standard InChI is InChI=1S/C23H25N3O4/c1-4-30-18-11-9-17(10-12-18)26-14-13-25(22(28)23(26)29)15-21(27)24-20-8-6-5-7-19(20)16(2)3/h5-14,16H,4,15H2,1-3H3,(H,24,27). The number of anilines is 1. The summed E-state index contributed by atoms with van der Waals surface area (Å²) in [5.74, 6) is 0.548. The number of rotatable bonds is 7. The Balaban J connectivity index is 1.80. The number of aromatic nitrogens is 2. The normalized spacial score (nSPS) is 10.8. The SMILES string of the molecule is CCOc1ccc(-n2ccn(CC(=O)Nc3ccccc3C(C)C)c(=O)c2=O)cc1. The molecule has 0 saturated heterocycles. The van der Waals surface area contributed by atoms with Crippen LogP contribution in [0.5, 0.6) is 5.75 Å². The third-order valence-electron chi connectivity index (χ3n) is 4.66. The van der Waals surface area contributed by atoms with E-state index in [1.807, 2.05) is 45.0 Å². The van der Waals surface area contributed by atoms with E-state index in [0.29, 0.717) is 23.7 Å². The second-order valence-electron chi connectivity index (χ2n) is 7.12. The second kappa shape index (κ2) is 9.26. The zero-order valence-corrected chi connectivity index (χ0v) is 17.3. The lowest BCUT2D eigenvalue weighted by molar-refractivity contribution is -0.116. The van der Waals surface area contributed by atoms with Gasteiger partial charge in [-0.05, 0) is 48.7 Å². The molecular formula is C23H25N3O4. The number of ether oxygens (including phenoxy) is 1. The molecule has 1 heterocycles. The van der Waals surface area contributed by atoms with Gasteiger partial charge in [-0.25, -0.2) is 0 Å². The highest BCUT2D eigenvalue weighted by atomic mass is 16.5. The van der Waals surface area contributed by atoms with E-state index in [1.165, 1.54) is 17.0 Å². The molecule has 2 aromatic carbocycles. The monoisotopic (exact) mass is 407 g/mol. The summed E-state index contributed by atoms with van der Waals surface area (Å²) in [4.78, 5) is 37.6. The molecule has 1 amide bonds. The van der Waals surface area contributed by atoms with Crippen LogP contribution < -0.4 is 21.2 Å². The zero-order valence-electron chi connectivity index (χ0n) is 17.3. The summed E-state index contributed by atoms with van der Waals surface area (Å²) in [6.45, 7) is 6.26. The minimum absolute atomic E-state index is 0.238. The first-order valence-electron chi connectivity index (χ1n) is 9.84. The van der Waals surface area contributed by atoms with Gasteiger partial charge < -0.3 is 10.1 Å². The second-order valence-corrected chi connectivity index (χ2v) is 7.12. The van der Waals surface area contributed by atoms with Crippen LogP contribution >= 0.6 is 0 Å². The Bertz CT molecular complexity index is 1140. The first-order chi connectivity index (χ1) is 14.4. The smallest absolute Gasteiger partial charge is 0.320 e. The number of amides is 1. The summed E-state index contributed by atoms with van der Waals surface area (Å²) < 4.78 is 7.75. The molecule has 0 fully saturated rings. The largest absolute Gasteiger partial charge is 0.494 e. The molecule has 0 aliphatic rings. The lowest BCUT2D eigenvalue weighted by Gasteiger charge is -2.14. The van der Waals surface area contributed by atoms with Crippen LogP contribution in [0.3, 0.4) is 0 Å². The van der Waals surface area contributed by atoms with Gasteiger partial charge in [0.25, 0.3) is 0 Å². The highest BCUT2D eigenvalue weighted by molar-refractivity contribution is 5.91. The molecule has 0 spiro atoms. The summed E-state index contributed by atoms with van der Waals surface area (Å²) in [6, 6.07) is 14.4. The van der Waals surface area contributed by atoms with Crippen LogP contribution in [0, 0.1) is 0 Å². The van der Waals surface area contributed by atoms with E-state index < -0.39 is 11.1 Å². The fraction of sp³-hybridized carbons (Fsp3) is 0.261. The summed E-state index contributed by atoms with van der Waals surface area (Å²) >= 11 is 0. The number of carbonyl (C=O) groups excluding carboxylic acids is 1. The van der Waals surface area contributed by atoms with Crippen molar-refractivity contribution in [3.8, 4) is 11.4 Å². The predicted molar refractivity (Wildman–Crippen MR) is 117 cm³/mol. The third-order valence-corrected chi connectivity index (χ3v) is 4.66. The molecule has 30 heavy (non-hydrogen) atoms. The molecule has 0 unspecified atom stereocenters. The molecule has 0 atom stereocenters. The summed E-state index contributed by atoms with van der Waals surface area (Å²) in [5, 5.41) is 2.83. The zero-order chi connectivity index (χ0) is 21.7. The fourth-order valence-electron chi connectivity index (χ4n) is 3.16. The Labute approximate surface area is 174 Å². The molecule has 1 aromatic heterocycles. The van der Waals surface area contributed by atoms with Gasteiger partial charge in [-0.3, -0.25) is 23.5 Å². The van der Waals surface area contributed by atoms with Crippen LogP contribution in [-0.4, -0.2) is 21.6 Å². The molecule has 0 saturated carbocycles. The van der Waals surface area contributed by atoms with Crippen LogP contribution in [0.4, 0.5) is 5.69 Å². The van der Waals surface area contributed by atoms with E-state index >= 15 is 0 Å². The van der Waals surface area contributed by atoms with Crippen LogP contribution in [0.1, 0.15) is 32.3 Å². The van der Waals surface area contributed by atoms with Crippen molar-refractivity contribution < 1.29 is 9.53 Å². The van der Waals surface area contributed by atoms with Crippen molar-refractivity contribution in [2.24, 2.45) is 0 Å². The molecule has 0 aliphatic carbocycles. The number of benzene rings is 2. The lowest BCUT2D eigenvalue weighted by atomic mass is 10.0. The molecule has 7 nitrogen and oxygen atoms in total. The minimum atomic E-state index is -0.765. The number of carbonyl (C=O) groups is 1. The molecule has 0 bridgehead atoms. The van der Waals surface area contributed by atoms with Gasteiger partial charge in [0.05, 0.1) is 6.61 Å². The van der Waals surface area contributed by atoms with Crippen molar-refractivity contribution in [3.05, 3.63) is 87.2 Å². The summed E-state index contributed by atoms with van der Waals surface area (Å²) in [5.41, 5.74) is 0.760. The predicted octanol–water partition coefficient (Wildman–Crippen LogP) is 3.16. The maximum Gasteiger partial charge on any atom is 0.320 e. The lowest BCUT2D eigenvalue weighted by Crippen LogP contribution is -2.41. The van der Waals surface area contributed by atoms with Crippen molar-refractivity contribution >= 4 is 11.6 Å². The average molecular weight is 407 g/mol. The van der Waals surface area contributed by atoms with Gasteiger partial charge in [0.15, 0.2) is 0 Å². The van der Waals surface area contributed by atoms with Gasteiger partial charge in [-0.1, -0.05) is 32.0 Å². The number of para-hydroxylation sites is 1. The maximum atomic E-state index is 12.6. The van der Waals surface area contributed by atoms with Crippen molar-refractivity contribution in [1.29, 1.82) is 0 Å². The number of nitrogens with one attached hydrogen (secondary N) is 1. The Kier molecular flexibility index (Phi) is 6.51. The van der Waals surface area contributed by atoms with Gasteiger partial charge in [-0.2, -0.15) is 0 Å². The van der Waals surface area contributed by atoms with E-state index in [4.69, 9.17) is 4.74 Å². The first-order valence-corrected chi connectivity index (χ1v) is 9.84. The van der Waals surface area contributed by atoms with E-state index in [2.05, 4.69) is 5.32 Å². The first kappa shape index (κ1) is 21.1. The van der Waals surface area contributed by atoms with Crippen LogP contribution in [0.25, 0.3) is 5.69 Å². The highest BCUT2D eigenvalue weighted by Crippen LogP contribution is 2.23. The van der Waals surface area contributed by atoms with Gasteiger partial charge in [0.1, 0.15) is 12.3 Å². The van der Waals surface area contributed by atoms with Gasteiger partial charge in [-0.15, -0.1) is 0 Å². The quantitative estimate of drug-likeness (QED) is 0.610. The topological polar surface area (TPSA) is 82.3 Å². The van der Waals surface area contributed by atoms with E-state index in [-0.39, 0.29) is 18.4 Å².